The van der Waals surface area contributed by atoms with Gasteiger partial charge in [0.1, 0.15) is 23.9 Å². The lowest BCUT2D eigenvalue weighted by molar-refractivity contribution is 0.281. The topological polar surface area (TPSA) is 55.3 Å². The molecule has 0 atom stereocenters. The summed E-state index contributed by atoms with van der Waals surface area (Å²) < 4.78 is 16.5. The summed E-state index contributed by atoms with van der Waals surface area (Å²) in [4.78, 5) is 6.43. The second-order valence-electron chi connectivity index (χ2n) is 6.71. The molecule has 0 radical (unpaired) electrons. The highest BCUT2D eigenvalue weighted by atomic mass is 127. The molecule has 158 valence electrons. The molecule has 1 aliphatic heterocycles. The lowest BCUT2D eigenvalue weighted by Crippen LogP contribution is -2.41. The highest BCUT2D eigenvalue weighted by Crippen LogP contribution is 2.25. The second kappa shape index (κ2) is 11.7. The normalized spacial score (nSPS) is 12.4. The summed E-state index contributed by atoms with van der Waals surface area (Å²) in [6.45, 7) is 2.94. The third-order valence-corrected chi connectivity index (χ3v) is 4.78. The van der Waals surface area contributed by atoms with Gasteiger partial charge in [0.25, 0.3) is 0 Å². The molecule has 3 rings (SSSR count). The first kappa shape index (κ1) is 23.1. The molecule has 6 nitrogen and oxygen atoms in total. The van der Waals surface area contributed by atoms with Gasteiger partial charge in [-0.25, -0.2) is 0 Å². The summed E-state index contributed by atoms with van der Waals surface area (Å²) in [6, 6.07) is 14.1. The maximum absolute atomic E-state index is 5.80. The smallest absolute Gasteiger partial charge is 0.193 e. The molecule has 7 heteroatoms. The Morgan fingerprint density at radius 1 is 1.17 bits per heavy atom. The maximum atomic E-state index is 5.80. The number of rotatable bonds is 8. The Morgan fingerprint density at radius 3 is 2.66 bits per heavy atom. The fourth-order valence-electron chi connectivity index (χ4n) is 3.18. The summed E-state index contributed by atoms with van der Waals surface area (Å²) in [5.41, 5.74) is 2.63. The molecular weight excluding hydrogens is 481 g/mol. The highest BCUT2D eigenvalue weighted by molar-refractivity contribution is 14.0. The Hall–Kier alpha value is -2.16. The van der Waals surface area contributed by atoms with Crippen LogP contribution in [0.15, 0.2) is 47.5 Å². The molecule has 1 aliphatic rings. The van der Waals surface area contributed by atoms with E-state index in [1.165, 1.54) is 11.1 Å². The minimum atomic E-state index is 0. The first-order valence-electron chi connectivity index (χ1n) is 9.63. The Kier molecular flexibility index (Phi) is 9.37. The van der Waals surface area contributed by atoms with Gasteiger partial charge in [-0.2, -0.15) is 0 Å². The number of nitrogens with one attached hydrogen (secondary N) is 1. The van der Waals surface area contributed by atoms with E-state index < -0.39 is 0 Å². The highest BCUT2D eigenvalue weighted by Gasteiger charge is 2.12. The number of fused-ring (bicyclic) bond motifs is 1. The van der Waals surface area contributed by atoms with Crippen LogP contribution in [0.3, 0.4) is 0 Å². The van der Waals surface area contributed by atoms with E-state index in [0.29, 0.717) is 6.61 Å². The molecule has 0 saturated heterocycles. The van der Waals surface area contributed by atoms with Crippen LogP contribution < -0.4 is 19.5 Å². The predicted octanol–water partition coefficient (Wildman–Crippen LogP) is 3.38. The Morgan fingerprint density at radius 2 is 1.93 bits per heavy atom. The largest absolute Gasteiger partial charge is 0.497 e. The number of likely N-dealkylation sites (N-methyl/N-ethyl adjacent to an activating group) is 1. The van der Waals surface area contributed by atoms with Gasteiger partial charge in [0.15, 0.2) is 5.96 Å². The van der Waals surface area contributed by atoms with Crippen LogP contribution in [0.1, 0.15) is 11.1 Å². The number of guanidine groups is 1. The van der Waals surface area contributed by atoms with E-state index in [1.807, 2.05) is 31.3 Å². The summed E-state index contributed by atoms with van der Waals surface area (Å²) >= 11 is 0. The number of hydrogen-bond acceptors (Lipinski definition) is 4. The number of aliphatic imine (C=N–C) groups is 1. The molecule has 0 saturated carbocycles. The molecule has 0 aromatic heterocycles. The average molecular weight is 511 g/mol. The first-order valence-corrected chi connectivity index (χ1v) is 9.63. The van der Waals surface area contributed by atoms with Crippen molar-refractivity contribution in [3.63, 3.8) is 0 Å². The zero-order valence-corrected chi connectivity index (χ0v) is 19.6. The van der Waals surface area contributed by atoms with Gasteiger partial charge in [0, 0.05) is 27.1 Å². The van der Waals surface area contributed by atoms with Gasteiger partial charge in [0.2, 0.25) is 0 Å². The second-order valence-corrected chi connectivity index (χ2v) is 6.71. The van der Waals surface area contributed by atoms with Crippen LogP contribution in [0.4, 0.5) is 0 Å². The minimum Gasteiger partial charge on any atom is -0.497 e. The first-order chi connectivity index (χ1) is 13.7. The van der Waals surface area contributed by atoms with Gasteiger partial charge in [0.05, 0.1) is 20.3 Å². The quantitative estimate of drug-likeness (QED) is 0.335. The van der Waals surface area contributed by atoms with E-state index in [9.17, 15) is 0 Å². The number of ether oxygens (including phenoxy) is 3. The summed E-state index contributed by atoms with van der Waals surface area (Å²) in [6.07, 6.45) is 1.96. The van der Waals surface area contributed by atoms with E-state index in [1.54, 1.807) is 14.2 Å². The van der Waals surface area contributed by atoms with Crippen molar-refractivity contribution in [3.05, 3.63) is 53.6 Å². The molecule has 2 aromatic carbocycles. The monoisotopic (exact) mass is 511 g/mol. The van der Waals surface area contributed by atoms with Gasteiger partial charge >= 0.3 is 0 Å². The standard InChI is InChI=1S/C22H29N3O3.HI/c1-23-22(24-12-10-17-4-9-21-18(16-17)11-14-28-21)25(2)13-15-27-20-7-5-19(26-3)6-8-20;/h4-9,16H,10-15H2,1-3H3,(H,23,24);1H. The van der Waals surface area contributed by atoms with E-state index in [0.717, 1.165) is 55.7 Å². The van der Waals surface area contributed by atoms with Crippen molar-refractivity contribution in [1.82, 2.24) is 10.2 Å². The SMILES string of the molecule is CN=C(NCCc1ccc2c(c1)CCO2)N(C)CCOc1ccc(OC)cc1.I. The summed E-state index contributed by atoms with van der Waals surface area (Å²) in [5.74, 6) is 3.55. The Labute approximate surface area is 190 Å². The van der Waals surface area contributed by atoms with Crippen LogP contribution in [0.2, 0.25) is 0 Å². The maximum Gasteiger partial charge on any atom is 0.193 e. The van der Waals surface area contributed by atoms with Crippen molar-refractivity contribution in [2.75, 3.05) is 47.5 Å². The zero-order valence-electron chi connectivity index (χ0n) is 17.3. The van der Waals surface area contributed by atoms with Crippen molar-refractivity contribution in [2.24, 2.45) is 4.99 Å². The van der Waals surface area contributed by atoms with Gasteiger partial charge in [-0.15, -0.1) is 24.0 Å². The molecule has 1 heterocycles. The predicted molar refractivity (Wildman–Crippen MR) is 127 cm³/mol. The van der Waals surface area contributed by atoms with Crippen LogP contribution in [0.5, 0.6) is 17.2 Å². The molecule has 0 unspecified atom stereocenters. The van der Waals surface area contributed by atoms with Crippen molar-refractivity contribution in [3.8, 4) is 17.2 Å². The van der Waals surface area contributed by atoms with Crippen molar-refractivity contribution < 1.29 is 14.2 Å². The van der Waals surface area contributed by atoms with Crippen LogP contribution in [0.25, 0.3) is 0 Å². The summed E-state index contributed by atoms with van der Waals surface area (Å²) in [7, 11) is 5.47. The van der Waals surface area contributed by atoms with Crippen molar-refractivity contribution in [2.45, 2.75) is 12.8 Å². The third kappa shape index (κ3) is 6.69. The van der Waals surface area contributed by atoms with Gasteiger partial charge in [-0.3, -0.25) is 4.99 Å². The average Bonchev–Trinajstić information content (AvgIpc) is 3.19. The van der Waals surface area contributed by atoms with Gasteiger partial charge in [-0.05, 0) is 47.9 Å². The lowest BCUT2D eigenvalue weighted by Gasteiger charge is -2.22. The van der Waals surface area contributed by atoms with E-state index >= 15 is 0 Å². The van der Waals surface area contributed by atoms with E-state index in [2.05, 4.69) is 33.4 Å². The van der Waals surface area contributed by atoms with Crippen LogP contribution >= 0.6 is 24.0 Å². The summed E-state index contributed by atoms with van der Waals surface area (Å²) in [5, 5.41) is 3.42. The lowest BCUT2D eigenvalue weighted by atomic mass is 10.1. The number of hydrogen-bond donors (Lipinski definition) is 1. The van der Waals surface area contributed by atoms with Crippen LogP contribution in [-0.2, 0) is 12.8 Å². The molecule has 0 amide bonds. The minimum absolute atomic E-state index is 0. The molecule has 0 spiro atoms. The number of nitrogens with zero attached hydrogens (tertiary/aromatic N) is 2. The molecule has 0 aliphatic carbocycles. The number of halogens is 1. The van der Waals surface area contributed by atoms with E-state index in [-0.39, 0.29) is 24.0 Å². The number of methoxy groups -OCH3 is 1. The van der Waals surface area contributed by atoms with Gasteiger partial charge in [-0.1, -0.05) is 12.1 Å². The van der Waals surface area contributed by atoms with E-state index in [4.69, 9.17) is 14.2 Å². The van der Waals surface area contributed by atoms with Crippen LogP contribution in [-0.4, -0.2) is 58.4 Å². The van der Waals surface area contributed by atoms with Gasteiger partial charge < -0.3 is 24.4 Å². The molecule has 2 aromatic rings. The third-order valence-electron chi connectivity index (χ3n) is 4.78. The van der Waals surface area contributed by atoms with Crippen molar-refractivity contribution in [1.29, 1.82) is 0 Å². The molecule has 1 N–H and O–H groups in total. The molecule has 0 bridgehead atoms. The zero-order chi connectivity index (χ0) is 19.8. The molecular formula is C22H30IN3O3. The Balaban J connectivity index is 0.00000300. The molecule has 0 fully saturated rings. The fourth-order valence-corrected chi connectivity index (χ4v) is 3.18. The van der Waals surface area contributed by atoms with Crippen molar-refractivity contribution >= 4 is 29.9 Å². The van der Waals surface area contributed by atoms with Crippen LogP contribution in [0, 0.1) is 0 Å². The molecule has 29 heavy (non-hydrogen) atoms. The number of benzene rings is 2. The Bertz CT molecular complexity index is 796. The fraction of sp³-hybridized carbons (Fsp3) is 0.409.